The molecule has 0 bridgehead atoms. The van der Waals surface area contributed by atoms with E-state index in [2.05, 4.69) is 10.3 Å². The van der Waals surface area contributed by atoms with Crippen molar-refractivity contribution >= 4 is 22.8 Å². The molecule has 1 amide bonds. The lowest BCUT2D eigenvalue weighted by Crippen LogP contribution is -2.43. The van der Waals surface area contributed by atoms with Gasteiger partial charge in [0.1, 0.15) is 11.9 Å². The number of carboxylic acids is 1. The average molecular weight is 330 g/mol. The Labute approximate surface area is 138 Å². The Morgan fingerprint density at radius 3 is 2.88 bits per heavy atom. The van der Waals surface area contributed by atoms with Gasteiger partial charge >= 0.3 is 5.97 Å². The fourth-order valence-electron chi connectivity index (χ4n) is 3.59. The third-order valence-corrected chi connectivity index (χ3v) is 5.17. The lowest BCUT2D eigenvalue weighted by Gasteiger charge is -2.14. The van der Waals surface area contributed by atoms with E-state index < -0.39 is 12.0 Å². The second-order valence-corrected chi connectivity index (χ2v) is 6.95. The van der Waals surface area contributed by atoms with Gasteiger partial charge in [-0.1, -0.05) is 0 Å². The third kappa shape index (κ3) is 2.88. The number of fused-ring (bicyclic) bond motifs is 1. The molecule has 2 aliphatic rings. The van der Waals surface area contributed by atoms with Crippen LogP contribution in [0.3, 0.4) is 0 Å². The van der Waals surface area contributed by atoms with Crippen molar-refractivity contribution in [1.29, 1.82) is 0 Å². The molecule has 2 saturated carbocycles. The van der Waals surface area contributed by atoms with Crippen molar-refractivity contribution in [3.05, 3.63) is 35.8 Å². The number of carboxylic acid groups (broad SMARTS) is 1. The van der Waals surface area contributed by atoms with Crippen LogP contribution in [0.5, 0.6) is 0 Å². The number of rotatable bonds is 6. The van der Waals surface area contributed by atoms with E-state index >= 15 is 0 Å². The number of hydrogen-bond donors (Lipinski definition) is 3. The molecule has 1 aromatic carbocycles. The predicted octanol–water partition coefficient (Wildman–Crippen LogP) is 2.47. The topological polar surface area (TPSA) is 82.2 Å². The summed E-state index contributed by atoms with van der Waals surface area (Å²) in [6.45, 7) is 0. The summed E-state index contributed by atoms with van der Waals surface area (Å²) in [5, 5.41) is 12.9. The summed E-state index contributed by atoms with van der Waals surface area (Å²) < 4.78 is 13.2. The van der Waals surface area contributed by atoms with Crippen molar-refractivity contribution in [3.8, 4) is 0 Å². The number of carbonyl (C=O) groups is 2. The average Bonchev–Trinajstić information content (AvgIpc) is 3.42. The van der Waals surface area contributed by atoms with E-state index in [0.29, 0.717) is 17.4 Å². The number of aromatic amines is 1. The third-order valence-electron chi connectivity index (χ3n) is 5.17. The maximum Gasteiger partial charge on any atom is 0.326 e. The van der Waals surface area contributed by atoms with Crippen LogP contribution in [0.25, 0.3) is 10.9 Å². The maximum atomic E-state index is 13.2. The molecule has 3 atom stereocenters. The predicted molar refractivity (Wildman–Crippen MR) is 85.8 cm³/mol. The molecule has 24 heavy (non-hydrogen) atoms. The monoisotopic (exact) mass is 330 g/mol. The normalized spacial score (nSPS) is 23.9. The minimum atomic E-state index is -1.05. The largest absolute Gasteiger partial charge is 0.480 e. The standard InChI is InChI=1S/C18H19FN2O3/c19-11-3-4-12-10(8-20-15(12)6-11)5-16(18(23)24)21-17(22)14-7-13(14)9-1-2-9/h3-4,6,8-9,13-14,16,20H,1-2,5,7H2,(H,21,22)(H,23,24)/t13-,14-,16+/m1/s1. The molecule has 2 aromatic rings. The van der Waals surface area contributed by atoms with Crippen molar-refractivity contribution in [1.82, 2.24) is 10.3 Å². The lowest BCUT2D eigenvalue weighted by molar-refractivity contribution is -0.142. The quantitative estimate of drug-likeness (QED) is 0.761. The second kappa shape index (κ2) is 5.61. The smallest absolute Gasteiger partial charge is 0.326 e. The molecule has 0 spiro atoms. The molecule has 0 unspecified atom stereocenters. The van der Waals surface area contributed by atoms with Crippen LogP contribution in [0.1, 0.15) is 24.8 Å². The zero-order valence-electron chi connectivity index (χ0n) is 13.1. The van der Waals surface area contributed by atoms with E-state index in [0.717, 1.165) is 17.4 Å². The van der Waals surface area contributed by atoms with Crippen LogP contribution in [0.15, 0.2) is 24.4 Å². The van der Waals surface area contributed by atoms with Crippen LogP contribution in [0.2, 0.25) is 0 Å². The van der Waals surface area contributed by atoms with Gasteiger partial charge in [0.15, 0.2) is 0 Å². The number of carbonyl (C=O) groups excluding carboxylic acids is 1. The zero-order chi connectivity index (χ0) is 16.8. The molecule has 126 valence electrons. The first kappa shape index (κ1) is 15.2. The van der Waals surface area contributed by atoms with Gasteiger partial charge in [0.25, 0.3) is 0 Å². The molecule has 2 aliphatic carbocycles. The first-order chi connectivity index (χ1) is 11.5. The molecule has 1 heterocycles. The Hall–Kier alpha value is -2.37. The summed E-state index contributed by atoms with van der Waals surface area (Å²) in [4.78, 5) is 26.8. The Morgan fingerprint density at radius 1 is 1.38 bits per heavy atom. The Morgan fingerprint density at radius 2 is 2.17 bits per heavy atom. The molecule has 0 saturated heterocycles. The number of nitrogens with one attached hydrogen (secondary N) is 2. The summed E-state index contributed by atoms with van der Waals surface area (Å²) in [6, 6.07) is 3.37. The van der Waals surface area contributed by atoms with Crippen molar-refractivity contribution in [3.63, 3.8) is 0 Å². The van der Waals surface area contributed by atoms with E-state index in [1.807, 2.05) is 0 Å². The molecule has 5 nitrogen and oxygen atoms in total. The summed E-state index contributed by atoms with van der Waals surface area (Å²) in [5.74, 6) is -0.438. The van der Waals surface area contributed by atoms with Gasteiger partial charge in [0, 0.05) is 29.4 Å². The van der Waals surface area contributed by atoms with Crippen LogP contribution >= 0.6 is 0 Å². The fourth-order valence-corrected chi connectivity index (χ4v) is 3.59. The zero-order valence-corrected chi connectivity index (χ0v) is 13.1. The van der Waals surface area contributed by atoms with E-state index in [4.69, 9.17) is 0 Å². The molecule has 1 aromatic heterocycles. The van der Waals surface area contributed by atoms with Crippen LogP contribution in [-0.2, 0) is 16.0 Å². The molecule has 0 aliphatic heterocycles. The number of aliphatic carboxylic acids is 1. The number of halogens is 1. The molecule has 6 heteroatoms. The summed E-state index contributed by atoms with van der Waals surface area (Å²) in [6.07, 6.45) is 5.13. The van der Waals surface area contributed by atoms with E-state index in [-0.39, 0.29) is 24.1 Å². The van der Waals surface area contributed by atoms with Crippen molar-refractivity contribution < 1.29 is 19.1 Å². The van der Waals surface area contributed by atoms with Crippen molar-refractivity contribution in [2.45, 2.75) is 31.7 Å². The molecule has 0 radical (unpaired) electrons. The Kier molecular flexibility index (Phi) is 3.55. The van der Waals surface area contributed by atoms with E-state index in [9.17, 15) is 19.1 Å². The van der Waals surface area contributed by atoms with E-state index in [1.54, 1.807) is 12.3 Å². The van der Waals surface area contributed by atoms with Crippen LogP contribution in [0.4, 0.5) is 4.39 Å². The van der Waals surface area contributed by atoms with Gasteiger partial charge in [0.2, 0.25) is 5.91 Å². The van der Waals surface area contributed by atoms with Crippen LogP contribution in [0, 0.1) is 23.6 Å². The van der Waals surface area contributed by atoms with Gasteiger partial charge in [0.05, 0.1) is 0 Å². The lowest BCUT2D eigenvalue weighted by atomic mass is 10.0. The summed E-state index contributed by atoms with van der Waals surface area (Å²) in [5.41, 5.74) is 1.38. The van der Waals surface area contributed by atoms with E-state index in [1.165, 1.54) is 25.0 Å². The minimum Gasteiger partial charge on any atom is -0.480 e. The molecule has 4 rings (SSSR count). The van der Waals surface area contributed by atoms with Gasteiger partial charge in [-0.2, -0.15) is 0 Å². The number of hydrogen-bond acceptors (Lipinski definition) is 2. The highest BCUT2D eigenvalue weighted by atomic mass is 19.1. The maximum absolute atomic E-state index is 13.2. The Balaban J connectivity index is 1.46. The molecular formula is C18H19FN2O3. The van der Waals surface area contributed by atoms with Crippen LogP contribution < -0.4 is 5.32 Å². The number of amides is 1. The highest BCUT2D eigenvalue weighted by Crippen LogP contribution is 2.54. The fraction of sp³-hybridized carbons (Fsp3) is 0.444. The second-order valence-electron chi connectivity index (χ2n) is 6.95. The number of aromatic nitrogens is 1. The first-order valence-corrected chi connectivity index (χ1v) is 8.31. The molecule has 3 N–H and O–H groups in total. The minimum absolute atomic E-state index is 0.0172. The van der Waals surface area contributed by atoms with Crippen molar-refractivity contribution in [2.24, 2.45) is 17.8 Å². The summed E-state index contributed by atoms with van der Waals surface area (Å²) >= 11 is 0. The van der Waals surface area contributed by atoms with Gasteiger partial charge in [-0.05, 0) is 54.9 Å². The number of H-pyrrole nitrogens is 1. The van der Waals surface area contributed by atoms with Gasteiger partial charge < -0.3 is 15.4 Å². The highest BCUT2D eigenvalue weighted by Gasteiger charge is 2.51. The number of benzene rings is 1. The van der Waals surface area contributed by atoms with Gasteiger partial charge in [-0.15, -0.1) is 0 Å². The van der Waals surface area contributed by atoms with Crippen molar-refractivity contribution in [2.75, 3.05) is 0 Å². The molecular weight excluding hydrogens is 311 g/mol. The van der Waals surface area contributed by atoms with Gasteiger partial charge in [-0.3, -0.25) is 4.79 Å². The van der Waals surface area contributed by atoms with Crippen LogP contribution in [-0.4, -0.2) is 28.0 Å². The Bertz CT molecular complexity index is 812. The summed E-state index contributed by atoms with van der Waals surface area (Å²) in [7, 11) is 0. The highest BCUT2D eigenvalue weighted by molar-refractivity contribution is 5.88. The molecule has 2 fully saturated rings. The SMILES string of the molecule is O=C(O)[C@H](Cc1c[nH]c2cc(F)ccc12)NC(=O)[C@@H]1C[C@@H]1C1CC1. The van der Waals surface area contributed by atoms with Gasteiger partial charge in [-0.25, -0.2) is 9.18 Å². The first-order valence-electron chi connectivity index (χ1n) is 8.31.